The maximum absolute atomic E-state index is 11.0. The first kappa shape index (κ1) is 34.1. The molecule has 0 radical (unpaired) electrons. The van der Waals surface area contributed by atoms with Gasteiger partial charge in [0.25, 0.3) is 0 Å². The fourth-order valence-corrected chi connectivity index (χ4v) is 4.87. The van der Waals surface area contributed by atoms with E-state index in [9.17, 15) is 14.4 Å². The van der Waals surface area contributed by atoms with Gasteiger partial charge in [0, 0.05) is 19.3 Å². The third kappa shape index (κ3) is 22.6. The second kappa shape index (κ2) is 23.5. The van der Waals surface area contributed by atoms with Crippen molar-refractivity contribution in [1.82, 2.24) is 0 Å². The van der Waals surface area contributed by atoms with Crippen molar-refractivity contribution in [2.24, 2.45) is 0 Å². The van der Waals surface area contributed by atoms with Gasteiger partial charge in [-0.15, -0.1) is 0 Å². The van der Waals surface area contributed by atoms with Crippen molar-refractivity contribution in [2.45, 2.75) is 129 Å². The fraction of sp³-hybridized carbons (Fsp3) is 0.828. The molecular weight excluding hydrogens is 458 g/mol. The van der Waals surface area contributed by atoms with Crippen LogP contribution >= 0.6 is 0 Å². The van der Waals surface area contributed by atoms with Crippen LogP contribution in [0.5, 0.6) is 0 Å². The number of rotatable bonds is 27. The van der Waals surface area contributed by atoms with Gasteiger partial charge in [-0.2, -0.15) is 0 Å². The van der Waals surface area contributed by atoms with Crippen LogP contribution < -0.4 is 0 Å². The molecule has 36 heavy (non-hydrogen) atoms. The summed E-state index contributed by atoms with van der Waals surface area (Å²) < 4.78 is 0.640. The molecule has 0 amide bonds. The lowest BCUT2D eigenvalue weighted by molar-refractivity contribution is -0.929. The number of aliphatic carboxylic acids is 3. The van der Waals surface area contributed by atoms with E-state index >= 15 is 0 Å². The summed E-state index contributed by atoms with van der Waals surface area (Å²) in [6, 6.07) is 0. The number of allylic oxidation sites excluding steroid dienone is 2. The topological polar surface area (TPSA) is 112 Å². The first-order valence-electron chi connectivity index (χ1n) is 14.5. The highest BCUT2D eigenvalue weighted by atomic mass is 16.4. The summed E-state index contributed by atoms with van der Waals surface area (Å²) in [5.74, 6) is -2.48. The number of carboxylic acid groups (broad SMARTS) is 3. The van der Waals surface area contributed by atoms with Crippen LogP contribution in [0.2, 0.25) is 0 Å². The molecule has 3 N–H and O–H groups in total. The Balaban J connectivity index is 4.33. The highest BCUT2D eigenvalue weighted by Gasteiger charge is 2.27. The van der Waals surface area contributed by atoms with Crippen LogP contribution in [0.25, 0.3) is 0 Å². The van der Waals surface area contributed by atoms with Gasteiger partial charge < -0.3 is 19.8 Å². The largest absolute Gasteiger partial charge is 0.481 e. The number of nitrogens with zero attached hydrogens (tertiary/aromatic N) is 1. The van der Waals surface area contributed by atoms with E-state index in [2.05, 4.69) is 19.1 Å². The van der Waals surface area contributed by atoms with E-state index < -0.39 is 17.9 Å². The monoisotopic (exact) mass is 512 g/mol. The minimum atomic E-state index is -0.826. The summed E-state index contributed by atoms with van der Waals surface area (Å²) in [5.41, 5.74) is 0. The molecule has 0 fully saturated rings. The van der Waals surface area contributed by atoms with Crippen LogP contribution in [-0.4, -0.2) is 63.9 Å². The Morgan fingerprint density at radius 3 is 1.22 bits per heavy atom. The van der Waals surface area contributed by atoms with Gasteiger partial charge in [-0.1, -0.05) is 70.4 Å². The molecule has 7 heteroatoms. The number of hydrogen-bond donors (Lipinski definition) is 3. The average Bonchev–Trinajstić information content (AvgIpc) is 2.80. The van der Waals surface area contributed by atoms with Crippen LogP contribution in [0.15, 0.2) is 12.2 Å². The highest BCUT2D eigenvalue weighted by Crippen LogP contribution is 2.18. The third-order valence-corrected chi connectivity index (χ3v) is 6.96. The summed E-state index contributed by atoms with van der Waals surface area (Å²) in [6.45, 7) is 5.09. The highest BCUT2D eigenvalue weighted by molar-refractivity contribution is 5.67. The van der Waals surface area contributed by atoms with Gasteiger partial charge in [0.1, 0.15) is 0 Å². The molecule has 0 atom stereocenters. The Hall–Kier alpha value is -1.89. The molecule has 210 valence electrons. The van der Waals surface area contributed by atoms with Crippen molar-refractivity contribution in [3.8, 4) is 0 Å². The fourth-order valence-electron chi connectivity index (χ4n) is 4.87. The van der Waals surface area contributed by atoms with E-state index in [1.807, 2.05) is 0 Å². The summed E-state index contributed by atoms with van der Waals surface area (Å²) in [5, 5.41) is 27.2. The van der Waals surface area contributed by atoms with Crippen molar-refractivity contribution < 1.29 is 34.2 Å². The molecule has 0 aliphatic heterocycles. The van der Waals surface area contributed by atoms with Crippen LogP contribution in [0.4, 0.5) is 0 Å². The maximum Gasteiger partial charge on any atom is 0.303 e. The lowest BCUT2D eigenvalue weighted by Crippen LogP contribution is -2.51. The minimum absolute atomic E-state index is 0.0903. The van der Waals surface area contributed by atoms with Crippen LogP contribution in [0, 0.1) is 0 Å². The number of carboxylic acids is 3. The Labute approximate surface area is 219 Å². The zero-order chi connectivity index (χ0) is 26.9. The van der Waals surface area contributed by atoms with E-state index in [1.54, 1.807) is 0 Å². The van der Waals surface area contributed by atoms with E-state index in [4.69, 9.17) is 15.3 Å². The zero-order valence-electron chi connectivity index (χ0n) is 22.9. The van der Waals surface area contributed by atoms with Gasteiger partial charge >= 0.3 is 17.9 Å². The van der Waals surface area contributed by atoms with Crippen molar-refractivity contribution >= 4 is 17.9 Å². The molecule has 7 nitrogen and oxygen atoms in total. The van der Waals surface area contributed by atoms with Crippen molar-refractivity contribution in [1.29, 1.82) is 0 Å². The van der Waals surface area contributed by atoms with Crippen LogP contribution in [0.3, 0.4) is 0 Å². The van der Waals surface area contributed by atoms with Gasteiger partial charge in [0.15, 0.2) is 0 Å². The molecule has 0 rings (SSSR count). The molecule has 0 aliphatic rings. The Kier molecular flexibility index (Phi) is 22.3. The van der Waals surface area contributed by atoms with Gasteiger partial charge in [0.2, 0.25) is 0 Å². The number of quaternary nitrogens is 1. The lowest BCUT2D eigenvalue weighted by Gasteiger charge is -2.39. The number of carbonyl (C=O) groups is 3. The molecule has 0 saturated carbocycles. The van der Waals surface area contributed by atoms with Crippen LogP contribution in [-0.2, 0) is 14.4 Å². The normalized spacial score (nSPS) is 11.8. The predicted molar refractivity (Wildman–Crippen MR) is 145 cm³/mol. The number of unbranched alkanes of at least 4 members (excludes halogenated alkanes) is 11. The van der Waals surface area contributed by atoms with Crippen molar-refractivity contribution in [3.63, 3.8) is 0 Å². The Morgan fingerprint density at radius 1 is 0.500 bits per heavy atom. The zero-order valence-corrected chi connectivity index (χ0v) is 22.9. The van der Waals surface area contributed by atoms with Gasteiger partial charge in [-0.3, -0.25) is 14.4 Å². The maximum atomic E-state index is 11.0. The second-order valence-corrected chi connectivity index (χ2v) is 10.3. The number of hydrogen-bond acceptors (Lipinski definition) is 3. The second-order valence-electron chi connectivity index (χ2n) is 10.3. The Bertz CT molecular complexity index is 554. The van der Waals surface area contributed by atoms with E-state index in [1.165, 1.54) is 70.6 Å². The summed E-state index contributed by atoms with van der Waals surface area (Å²) in [6.07, 6.45) is 22.5. The van der Waals surface area contributed by atoms with E-state index in [0.717, 1.165) is 19.4 Å². The third-order valence-electron chi connectivity index (χ3n) is 6.96. The molecule has 0 unspecified atom stereocenters. The smallest absolute Gasteiger partial charge is 0.303 e. The molecule has 0 bridgehead atoms. The standard InChI is InChI=1S/C29H53NO6/c1-2-3-4-5-6-7-8-9-10-11-12-13-14-15-16-23-30(24-17-20-27(31)32,25-18-21-28(33)34)26-19-22-29(35)36/h5-6H,2-4,7-26H2,1H3,(H2-,31,32,33,34,35,36)/p+1/b6-5+. The first-order valence-corrected chi connectivity index (χ1v) is 14.5. The molecular formula is C29H54NO6+. The molecule has 0 aromatic heterocycles. The lowest BCUT2D eigenvalue weighted by atomic mass is 10.0. The van der Waals surface area contributed by atoms with Crippen molar-refractivity contribution in [3.05, 3.63) is 12.2 Å². The minimum Gasteiger partial charge on any atom is -0.481 e. The molecule has 0 aromatic rings. The van der Waals surface area contributed by atoms with Crippen molar-refractivity contribution in [2.75, 3.05) is 26.2 Å². The molecule has 0 spiro atoms. The molecule has 0 saturated heterocycles. The van der Waals surface area contributed by atoms with Crippen LogP contribution in [0.1, 0.15) is 129 Å². The molecule has 0 aliphatic carbocycles. The quantitative estimate of drug-likeness (QED) is 0.0618. The predicted octanol–water partition coefficient (Wildman–Crippen LogP) is 7.05. The Morgan fingerprint density at radius 2 is 0.833 bits per heavy atom. The van der Waals surface area contributed by atoms with E-state index in [-0.39, 0.29) is 19.3 Å². The first-order chi connectivity index (χ1) is 17.3. The average molecular weight is 513 g/mol. The summed E-state index contributed by atoms with van der Waals surface area (Å²) in [7, 11) is 0. The SMILES string of the molecule is CCCC/C=C/CCCCCCCCCCC[N+](CCCC(=O)O)(CCCC(=O)O)CCCC(=O)O. The van der Waals surface area contributed by atoms with Gasteiger partial charge in [0.05, 0.1) is 45.4 Å². The van der Waals surface area contributed by atoms with E-state index in [0.29, 0.717) is 43.4 Å². The van der Waals surface area contributed by atoms with Gasteiger partial charge in [-0.05, 0) is 32.1 Å². The molecule has 0 aromatic carbocycles. The molecule has 0 heterocycles. The summed E-state index contributed by atoms with van der Waals surface area (Å²) in [4.78, 5) is 33.1. The van der Waals surface area contributed by atoms with Gasteiger partial charge in [-0.25, -0.2) is 0 Å². The summed E-state index contributed by atoms with van der Waals surface area (Å²) >= 11 is 0.